The van der Waals surface area contributed by atoms with Crippen LogP contribution >= 0.6 is 0 Å². The van der Waals surface area contributed by atoms with Crippen LogP contribution in [0.4, 0.5) is 5.69 Å². The zero-order valence-electron chi connectivity index (χ0n) is 11.7. The highest BCUT2D eigenvalue weighted by atomic mass is 16.5. The molecule has 3 nitrogen and oxygen atoms in total. The third-order valence-corrected chi connectivity index (χ3v) is 3.11. The van der Waals surface area contributed by atoms with Gasteiger partial charge >= 0.3 is 0 Å². The lowest BCUT2D eigenvalue weighted by molar-refractivity contribution is -0.114. The van der Waals surface area contributed by atoms with E-state index in [4.69, 9.17) is 4.74 Å². The quantitative estimate of drug-likeness (QED) is 0.760. The molecule has 0 aliphatic rings. The molecule has 0 fully saturated rings. The largest absolute Gasteiger partial charge is 0.457 e. The Morgan fingerprint density at radius 1 is 0.857 bits per heavy atom. The first-order valence-corrected chi connectivity index (χ1v) is 6.75. The number of amides is 1. The van der Waals surface area contributed by atoms with Crippen molar-refractivity contribution in [3.63, 3.8) is 0 Å². The smallest absolute Gasteiger partial charge is 0.221 e. The molecule has 0 heterocycles. The molecule has 0 aliphatic heterocycles. The van der Waals surface area contributed by atoms with Crippen LogP contribution in [-0.4, -0.2) is 5.91 Å². The van der Waals surface area contributed by atoms with E-state index < -0.39 is 0 Å². The van der Waals surface area contributed by atoms with Gasteiger partial charge in [0.2, 0.25) is 5.91 Å². The number of carbonyl (C=O) groups is 1. The molecular weight excluding hydrogens is 262 g/mol. The van der Waals surface area contributed by atoms with Crippen molar-refractivity contribution < 1.29 is 9.53 Å². The van der Waals surface area contributed by atoms with E-state index in [1.54, 1.807) is 6.07 Å². The topological polar surface area (TPSA) is 38.3 Å². The molecule has 3 aromatic rings. The third kappa shape index (κ3) is 3.20. The second kappa shape index (κ2) is 5.67. The first kappa shape index (κ1) is 13.2. The van der Waals surface area contributed by atoms with Gasteiger partial charge in [-0.1, -0.05) is 36.4 Å². The van der Waals surface area contributed by atoms with Gasteiger partial charge in [-0.3, -0.25) is 4.79 Å². The van der Waals surface area contributed by atoms with Crippen LogP contribution in [0.2, 0.25) is 0 Å². The van der Waals surface area contributed by atoms with Crippen molar-refractivity contribution in [2.75, 3.05) is 5.32 Å². The lowest BCUT2D eigenvalue weighted by Gasteiger charge is -2.09. The average molecular weight is 277 g/mol. The first-order chi connectivity index (χ1) is 10.2. The molecule has 0 saturated heterocycles. The third-order valence-electron chi connectivity index (χ3n) is 3.11. The van der Waals surface area contributed by atoms with Gasteiger partial charge in [0.15, 0.2) is 0 Å². The van der Waals surface area contributed by atoms with Crippen LogP contribution < -0.4 is 10.1 Å². The molecule has 0 saturated carbocycles. The summed E-state index contributed by atoms with van der Waals surface area (Å²) >= 11 is 0. The Labute approximate surface area is 123 Å². The normalized spacial score (nSPS) is 10.3. The second-order valence-corrected chi connectivity index (χ2v) is 4.82. The van der Waals surface area contributed by atoms with Crippen LogP contribution in [-0.2, 0) is 4.79 Å². The number of carbonyl (C=O) groups excluding carboxylic acids is 1. The van der Waals surface area contributed by atoms with Gasteiger partial charge in [0.1, 0.15) is 11.5 Å². The van der Waals surface area contributed by atoms with Crippen LogP contribution in [0.3, 0.4) is 0 Å². The Bertz CT molecular complexity index is 796. The average Bonchev–Trinajstić information content (AvgIpc) is 2.47. The number of hydrogen-bond acceptors (Lipinski definition) is 2. The molecule has 3 aromatic carbocycles. The van der Waals surface area contributed by atoms with Crippen LogP contribution in [0.25, 0.3) is 10.8 Å². The van der Waals surface area contributed by atoms with Crippen molar-refractivity contribution in [2.24, 2.45) is 0 Å². The number of ether oxygens (including phenoxy) is 1. The van der Waals surface area contributed by atoms with Crippen molar-refractivity contribution in [1.82, 2.24) is 0 Å². The minimum absolute atomic E-state index is 0.0992. The first-order valence-electron chi connectivity index (χ1n) is 6.75. The Kier molecular flexibility index (Phi) is 3.56. The van der Waals surface area contributed by atoms with Gasteiger partial charge < -0.3 is 10.1 Å². The maximum absolute atomic E-state index is 11.1. The fourth-order valence-electron chi connectivity index (χ4n) is 2.21. The zero-order chi connectivity index (χ0) is 14.7. The molecule has 3 rings (SSSR count). The molecule has 0 aromatic heterocycles. The van der Waals surface area contributed by atoms with Gasteiger partial charge in [-0.15, -0.1) is 0 Å². The molecule has 0 spiro atoms. The number of anilines is 1. The fraction of sp³-hybridized carbons (Fsp3) is 0.0556. The van der Waals surface area contributed by atoms with E-state index in [-0.39, 0.29) is 5.91 Å². The fourth-order valence-corrected chi connectivity index (χ4v) is 2.21. The lowest BCUT2D eigenvalue weighted by atomic mass is 10.1. The highest BCUT2D eigenvalue weighted by Gasteiger charge is 2.01. The van der Waals surface area contributed by atoms with E-state index in [0.29, 0.717) is 5.75 Å². The summed E-state index contributed by atoms with van der Waals surface area (Å²) in [7, 11) is 0. The molecule has 1 amide bonds. The van der Waals surface area contributed by atoms with E-state index in [1.807, 2.05) is 48.5 Å². The number of rotatable bonds is 3. The summed E-state index contributed by atoms with van der Waals surface area (Å²) < 4.78 is 5.86. The van der Waals surface area contributed by atoms with Gasteiger partial charge in [-0.05, 0) is 35.0 Å². The van der Waals surface area contributed by atoms with Gasteiger partial charge in [-0.25, -0.2) is 0 Å². The van der Waals surface area contributed by atoms with Crippen LogP contribution in [0.1, 0.15) is 6.92 Å². The maximum atomic E-state index is 11.1. The molecule has 0 bridgehead atoms. The summed E-state index contributed by atoms with van der Waals surface area (Å²) in [4.78, 5) is 11.1. The second-order valence-electron chi connectivity index (χ2n) is 4.82. The SMILES string of the molecule is CC(=O)Nc1cccc(Oc2ccc3ccccc3c2)c1. The maximum Gasteiger partial charge on any atom is 0.221 e. The molecule has 104 valence electrons. The Hall–Kier alpha value is -2.81. The van der Waals surface area contributed by atoms with Crippen molar-refractivity contribution in [2.45, 2.75) is 6.92 Å². The van der Waals surface area contributed by atoms with Crippen LogP contribution in [0.5, 0.6) is 11.5 Å². The molecular formula is C18H15NO2. The van der Waals surface area contributed by atoms with E-state index in [1.165, 1.54) is 12.3 Å². The number of nitrogens with one attached hydrogen (secondary N) is 1. The molecule has 0 aliphatic carbocycles. The molecule has 0 radical (unpaired) electrons. The summed E-state index contributed by atoms with van der Waals surface area (Å²) in [6.45, 7) is 1.48. The van der Waals surface area contributed by atoms with Gasteiger partial charge in [-0.2, -0.15) is 0 Å². The summed E-state index contributed by atoms with van der Waals surface area (Å²) in [5.74, 6) is 1.36. The monoisotopic (exact) mass is 277 g/mol. The summed E-state index contributed by atoms with van der Waals surface area (Å²) in [5, 5.41) is 5.05. The molecule has 3 heteroatoms. The molecule has 21 heavy (non-hydrogen) atoms. The molecule has 1 N–H and O–H groups in total. The summed E-state index contributed by atoms with van der Waals surface area (Å²) in [6.07, 6.45) is 0. The van der Waals surface area contributed by atoms with Gasteiger partial charge in [0.05, 0.1) is 0 Å². The van der Waals surface area contributed by atoms with E-state index >= 15 is 0 Å². The predicted molar refractivity (Wildman–Crippen MR) is 84.8 cm³/mol. The Morgan fingerprint density at radius 2 is 1.62 bits per heavy atom. The van der Waals surface area contributed by atoms with E-state index in [9.17, 15) is 4.79 Å². The predicted octanol–water partition coefficient (Wildman–Crippen LogP) is 4.59. The lowest BCUT2D eigenvalue weighted by Crippen LogP contribution is -2.05. The highest BCUT2D eigenvalue weighted by molar-refractivity contribution is 5.88. The highest BCUT2D eigenvalue weighted by Crippen LogP contribution is 2.27. The van der Waals surface area contributed by atoms with Gasteiger partial charge in [0.25, 0.3) is 0 Å². The summed E-state index contributed by atoms with van der Waals surface area (Å²) in [5.41, 5.74) is 0.723. The zero-order valence-corrected chi connectivity index (χ0v) is 11.7. The van der Waals surface area contributed by atoms with Crippen LogP contribution in [0.15, 0.2) is 66.7 Å². The van der Waals surface area contributed by atoms with Gasteiger partial charge in [0, 0.05) is 18.7 Å². The van der Waals surface area contributed by atoms with E-state index in [0.717, 1.165) is 16.8 Å². The number of benzene rings is 3. The number of fused-ring (bicyclic) bond motifs is 1. The Balaban J connectivity index is 1.86. The van der Waals surface area contributed by atoms with Crippen LogP contribution in [0, 0.1) is 0 Å². The molecule has 0 atom stereocenters. The minimum Gasteiger partial charge on any atom is -0.457 e. The number of hydrogen-bond donors (Lipinski definition) is 1. The van der Waals surface area contributed by atoms with Crippen molar-refractivity contribution in [1.29, 1.82) is 0 Å². The van der Waals surface area contributed by atoms with Crippen molar-refractivity contribution in [3.8, 4) is 11.5 Å². The van der Waals surface area contributed by atoms with E-state index in [2.05, 4.69) is 17.4 Å². The summed E-state index contributed by atoms with van der Waals surface area (Å²) in [6, 6.07) is 21.4. The molecule has 0 unspecified atom stereocenters. The van der Waals surface area contributed by atoms with Crippen molar-refractivity contribution >= 4 is 22.4 Å². The van der Waals surface area contributed by atoms with Crippen molar-refractivity contribution in [3.05, 3.63) is 66.7 Å². The standard InChI is InChI=1S/C18H15NO2/c1-13(20)19-16-7-4-8-17(12-16)21-18-10-9-14-5-2-3-6-15(14)11-18/h2-12H,1H3,(H,19,20). The Morgan fingerprint density at radius 3 is 2.43 bits per heavy atom. The minimum atomic E-state index is -0.0992.